The van der Waals surface area contributed by atoms with Crippen molar-refractivity contribution in [2.24, 2.45) is 5.92 Å². The van der Waals surface area contributed by atoms with Gasteiger partial charge in [0.2, 0.25) is 5.71 Å². The second-order valence-corrected chi connectivity index (χ2v) is 21.4. The van der Waals surface area contributed by atoms with Gasteiger partial charge in [0.05, 0.1) is 36.2 Å². The zero-order valence-corrected chi connectivity index (χ0v) is 37.6. The van der Waals surface area contributed by atoms with Gasteiger partial charge in [-0.15, -0.1) is 54.1 Å². The maximum atomic E-state index is 6.49. The summed E-state index contributed by atoms with van der Waals surface area (Å²) >= 11 is 0. The fraction of sp³-hybridized carbons (Fsp3) is 0.196. The van der Waals surface area contributed by atoms with Crippen LogP contribution in [-0.2, 0) is 33.1 Å². The number of benzene rings is 5. The van der Waals surface area contributed by atoms with Crippen molar-refractivity contribution in [1.29, 1.82) is 0 Å². The molecule has 5 aromatic carbocycles. The zero-order chi connectivity index (χ0) is 39.7. The van der Waals surface area contributed by atoms with E-state index in [-0.39, 0.29) is 20.1 Å². The van der Waals surface area contributed by atoms with Gasteiger partial charge in [0, 0.05) is 43.8 Å². The Balaban J connectivity index is 0.000000208. The quantitative estimate of drug-likeness (QED) is 0.112. The average molecular weight is 953 g/mol. The minimum Gasteiger partial charge on any atom is -0.486 e. The second-order valence-electron chi connectivity index (χ2n) is 16.4. The van der Waals surface area contributed by atoms with Gasteiger partial charge in [0.1, 0.15) is 0 Å². The first kappa shape index (κ1) is 40.7. The molecule has 9 aromatic rings. The number of rotatable bonds is 8. The largest absolute Gasteiger partial charge is 0.486 e. The van der Waals surface area contributed by atoms with Crippen LogP contribution in [0.3, 0.4) is 0 Å². The minimum atomic E-state index is -1.34. The summed E-state index contributed by atoms with van der Waals surface area (Å²) in [6.45, 7) is 16.7. The fourth-order valence-electron chi connectivity index (χ4n) is 7.82. The van der Waals surface area contributed by atoms with Gasteiger partial charge in [-0.25, -0.2) is 4.98 Å². The standard InChI is InChI=1S/C33H24N3O.C18H24NSi.Ir/c1-21-10-8-11-22(2)30(21)28-19-18-25-24-14-9-15-26(31(24)37-33(25)35-28)32-34-27-16-6-7-17-29(27)36(32)20-23-12-4-3-5-13-23;1-14(2)11-16-12-17(15-9-7-6-8-10-15)19-13-18(16)20(3,4)5;/h3-14,16-19H,20H2,1-2H3;6-9,12-14H,11H2,1-5H3;/q2*-1;. The Bertz CT molecular complexity index is 2820. The van der Waals surface area contributed by atoms with Crippen molar-refractivity contribution >= 4 is 46.4 Å². The molecule has 0 amide bonds. The Morgan fingerprint density at radius 3 is 2.19 bits per heavy atom. The molecule has 1 radical (unpaired) electrons. The molecule has 58 heavy (non-hydrogen) atoms. The van der Waals surface area contributed by atoms with Crippen LogP contribution in [0.4, 0.5) is 0 Å². The van der Waals surface area contributed by atoms with Crippen LogP contribution in [0.2, 0.25) is 19.6 Å². The first-order valence-corrected chi connectivity index (χ1v) is 23.3. The summed E-state index contributed by atoms with van der Waals surface area (Å²) in [6, 6.07) is 50.3. The van der Waals surface area contributed by atoms with Crippen LogP contribution in [-0.4, -0.2) is 27.6 Å². The van der Waals surface area contributed by atoms with E-state index in [1.807, 2.05) is 36.4 Å². The molecule has 9 rings (SSSR count). The Morgan fingerprint density at radius 2 is 1.47 bits per heavy atom. The number of aryl methyl sites for hydroxylation is 2. The Morgan fingerprint density at radius 1 is 0.724 bits per heavy atom. The van der Waals surface area contributed by atoms with E-state index in [4.69, 9.17) is 14.4 Å². The predicted molar refractivity (Wildman–Crippen MR) is 240 cm³/mol. The minimum absolute atomic E-state index is 0. The van der Waals surface area contributed by atoms with E-state index in [0.717, 1.165) is 67.7 Å². The van der Waals surface area contributed by atoms with E-state index in [1.165, 1.54) is 27.4 Å². The molecule has 0 unspecified atom stereocenters. The van der Waals surface area contributed by atoms with Gasteiger partial charge in [0.25, 0.3) is 0 Å². The molecule has 0 N–H and O–H groups in total. The van der Waals surface area contributed by atoms with Crippen molar-refractivity contribution in [3.63, 3.8) is 0 Å². The van der Waals surface area contributed by atoms with Gasteiger partial charge >= 0.3 is 0 Å². The van der Waals surface area contributed by atoms with Gasteiger partial charge in [0.15, 0.2) is 0 Å². The number of furan rings is 1. The molecule has 0 aliphatic rings. The third-order valence-corrected chi connectivity index (χ3v) is 12.6. The topological polar surface area (TPSA) is 56.7 Å². The van der Waals surface area contributed by atoms with Crippen LogP contribution in [0.1, 0.15) is 36.1 Å². The van der Waals surface area contributed by atoms with Gasteiger partial charge in [-0.1, -0.05) is 117 Å². The number of hydrogen-bond acceptors (Lipinski definition) is 4. The summed E-state index contributed by atoms with van der Waals surface area (Å²) in [7, 11) is -1.34. The molecule has 7 heteroatoms. The van der Waals surface area contributed by atoms with Gasteiger partial charge in [-0.3, -0.25) is 4.98 Å². The molecule has 0 aliphatic heterocycles. The van der Waals surface area contributed by atoms with E-state index >= 15 is 0 Å². The normalized spacial score (nSPS) is 11.5. The van der Waals surface area contributed by atoms with Crippen LogP contribution < -0.4 is 5.19 Å². The molecular formula is C51H48IrN4OSi-2. The summed E-state index contributed by atoms with van der Waals surface area (Å²) in [5, 5.41) is 3.50. The van der Waals surface area contributed by atoms with Gasteiger partial charge < -0.3 is 14.0 Å². The smallest absolute Gasteiger partial charge is 0.216 e. The summed E-state index contributed by atoms with van der Waals surface area (Å²) in [6.07, 6.45) is 3.24. The molecule has 0 aliphatic carbocycles. The van der Waals surface area contributed by atoms with Crippen molar-refractivity contribution < 1.29 is 24.5 Å². The van der Waals surface area contributed by atoms with E-state index in [2.05, 4.69) is 166 Å². The molecule has 0 saturated heterocycles. The summed E-state index contributed by atoms with van der Waals surface area (Å²) in [5.74, 6) is 1.50. The molecule has 4 heterocycles. The summed E-state index contributed by atoms with van der Waals surface area (Å²) in [4.78, 5) is 14.7. The number of imidazole rings is 1. The van der Waals surface area contributed by atoms with E-state index < -0.39 is 8.07 Å². The number of hydrogen-bond donors (Lipinski definition) is 0. The molecular weight excluding hydrogens is 905 g/mol. The maximum Gasteiger partial charge on any atom is 0.216 e. The van der Waals surface area contributed by atoms with Crippen molar-refractivity contribution in [2.75, 3.05) is 0 Å². The number of fused-ring (bicyclic) bond motifs is 4. The van der Waals surface area contributed by atoms with Crippen molar-refractivity contribution in [2.45, 2.75) is 60.3 Å². The van der Waals surface area contributed by atoms with Crippen molar-refractivity contribution in [3.8, 4) is 33.9 Å². The molecule has 0 fully saturated rings. The van der Waals surface area contributed by atoms with Crippen molar-refractivity contribution in [3.05, 3.63) is 168 Å². The first-order chi connectivity index (χ1) is 27.5. The van der Waals surface area contributed by atoms with Gasteiger partial charge in [-0.2, -0.15) is 0 Å². The van der Waals surface area contributed by atoms with E-state index in [9.17, 15) is 0 Å². The average Bonchev–Trinajstić information content (AvgIpc) is 3.76. The third kappa shape index (κ3) is 8.40. The molecule has 0 bridgehead atoms. The number of nitrogens with zero attached hydrogens (tertiary/aromatic N) is 4. The monoisotopic (exact) mass is 953 g/mol. The Hall–Kier alpha value is -5.46. The predicted octanol–water partition coefficient (Wildman–Crippen LogP) is 12.4. The molecule has 0 saturated carbocycles. The Kier molecular flexibility index (Phi) is 12.1. The fourth-order valence-corrected chi connectivity index (χ4v) is 9.41. The van der Waals surface area contributed by atoms with E-state index in [1.54, 1.807) is 0 Å². The SMILES string of the molecule is CC(C)Cc1cc(-c2[c-]cccc2)ncc1[Si](C)(C)C.Cc1cccc(C)c1-c1ccc2c(n1)oc1c(-c3nc4ccccc4n3Cc3ccccc3)[c-]ccc12.[Ir]. The van der Waals surface area contributed by atoms with E-state index in [0.29, 0.717) is 18.2 Å². The number of aromatic nitrogens is 4. The molecule has 0 atom stereocenters. The van der Waals surface area contributed by atoms with Crippen LogP contribution >= 0.6 is 0 Å². The summed E-state index contributed by atoms with van der Waals surface area (Å²) in [5.41, 5.74) is 13.5. The summed E-state index contributed by atoms with van der Waals surface area (Å²) < 4.78 is 8.73. The zero-order valence-electron chi connectivity index (χ0n) is 34.2. The Labute approximate surface area is 356 Å². The van der Waals surface area contributed by atoms with Crippen LogP contribution in [0.25, 0.3) is 67.0 Å². The van der Waals surface area contributed by atoms with Crippen LogP contribution in [0, 0.1) is 31.9 Å². The molecule has 5 nitrogen and oxygen atoms in total. The third-order valence-electron chi connectivity index (χ3n) is 10.5. The second kappa shape index (κ2) is 17.2. The van der Waals surface area contributed by atoms with Gasteiger partial charge in [-0.05, 0) is 78.0 Å². The number of para-hydroxylation sites is 2. The molecule has 0 spiro atoms. The van der Waals surface area contributed by atoms with Crippen LogP contribution in [0.5, 0.6) is 0 Å². The first-order valence-electron chi connectivity index (χ1n) is 19.8. The maximum absolute atomic E-state index is 6.49. The molecule has 293 valence electrons. The molecule has 4 aromatic heterocycles. The van der Waals surface area contributed by atoms with Crippen molar-refractivity contribution in [1.82, 2.24) is 19.5 Å². The number of pyridine rings is 2. The van der Waals surface area contributed by atoms with Crippen LogP contribution in [0.15, 0.2) is 138 Å².